The fourth-order valence-corrected chi connectivity index (χ4v) is 5.42. The number of nitrogens with one attached hydrogen (secondary N) is 2. The molecule has 2 heterocycles. The van der Waals surface area contributed by atoms with Gasteiger partial charge in [0.25, 0.3) is 5.91 Å². The van der Waals surface area contributed by atoms with Crippen molar-refractivity contribution in [3.05, 3.63) is 22.7 Å². The van der Waals surface area contributed by atoms with Gasteiger partial charge in [-0.05, 0) is 58.1 Å². The highest BCUT2D eigenvalue weighted by atomic mass is 35.5. The number of esters is 1. The number of methoxy groups -OCH3 is 1. The largest absolute Gasteiger partial charge is 0.496 e. The predicted molar refractivity (Wildman–Crippen MR) is 131 cm³/mol. The topological polar surface area (TPSA) is 97.0 Å². The maximum absolute atomic E-state index is 13.1. The molecule has 2 amide bonds. The second kappa shape index (κ2) is 12.4. The summed E-state index contributed by atoms with van der Waals surface area (Å²) in [4.78, 5) is 38.7. The number of ether oxygens (including phenoxy) is 2. The molecule has 2 aliphatic heterocycles. The van der Waals surface area contributed by atoms with Crippen LogP contribution in [0.3, 0.4) is 0 Å². The van der Waals surface area contributed by atoms with E-state index in [9.17, 15) is 14.4 Å². The van der Waals surface area contributed by atoms with E-state index >= 15 is 0 Å². The zero-order valence-electron chi connectivity index (χ0n) is 20.3. The number of benzene rings is 1. The average Bonchev–Trinajstić information content (AvgIpc) is 2.77. The van der Waals surface area contributed by atoms with E-state index in [2.05, 4.69) is 15.5 Å². The van der Waals surface area contributed by atoms with Gasteiger partial charge in [0.05, 0.1) is 30.0 Å². The fourth-order valence-electron chi connectivity index (χ4n) is 5.21. The average molecular weight is 494 g/mol. The summed E-state index contributed by atoms with van der Waals surface area (Å²) in [5.74, 6) is -0.228. The van der Waals surface area contributed by atoms with Crippen molar-refractivity contribution in [1.29, 1.82) is 0 Å². The summed E-state index contributed by atoms with van der Waals surface area (Å²) in [7, 11) is 1.49. The van der Waals surface area contributed by atoms with Crippen LogP contribution in [-0.2, 0) is 14.3 Å². The number of amides is 2. The highest BCUT2D eigenvalue weighted by Gasteiger charge is 2.38. The maximum Gasteiger partial charge on any atom is 0.305 e. The normalized spacial score (nSPS) is 22.1. The van der Waals surface area contributed by atoms with Crippen LogP contribution in [0.1, 0.15) is 75.6 Å². The van der Waals surface area contributed by atoms with E-state index in [1.807, 2.05) is 6.92 Å². The van der Waals surface area contributed by atoms with Gasteiger partial charge in [-0.15, -0.1) is 0 Å². The van der Waals surface area contributed by atoms with Crippen molar-refractivity contribution in [1.82, 2.24) is 10.2 Å². The van der Waals surface area contributed by atoms with Gasteiger partial charge in [-0.25, -0.2) is 0 Å². The van der Waals surface area contributed by atoms with Crippen molar-refractivity contribution in [2.24, 2.45) is 0 Å². The van der Waals surface area contributed by atoms with E-state index in [1.165, 1.54) is 20.5 Å². The second-order valence-corrected chi connectivity index (χ2v) is 9.50. The molecule has 0 saturated carbocycles. The molecule has 2 N–H and O–H groups in total. The molecule has 1 aromatic carbocycles. The van der Waals surface area contributed by atoms with Gasteiger partial charge >= 0.3 is 5.97 Å². The molecule has 3 rings (SSSR count). The van der Waals surface area contributed by atoms with Crippen molar-refractivity contribution in [3.8, 4) is 5.75 Å². The lowest BCUT2D eigenvalue weighted by molar-refractivity contribution is -0.143. The van der Waals surface area contributed by atoms with Crippen LogP contribution >= 0.6 is 11.6 Å². The number of carbonyl (C=O) groups is 3. The number of hydrogen-bond donors (Lipinski definition) is 2. The molecular weight excluding hydrogens is 458 g/mol. The molecule has 0 spiro atoms. The smallest absolute Gasteiger partial charge is 0.305 e. The minimum atomic E-state index is -0.250. The number of halogens is 1. The van der Waals surface area contributed by atoms with Gasteiger partial charge in [0.15, 0.2) is 0 Å². The molecule has 8 nitrogen and oxygen atoms in total. The lowest BCUT2D eigenvalue weighted by atomic mass is 9.81. The SMILES string of the molecule is CCOC(=O)CCCCN1C2CCCC1CC(NC(=O)c1cc(Cl)c(NC(C)=O)cc1OC)C2. The fraction of sp³-hybridized carbons (Fsp3) is 0.640. The Labute approximate surface area is 206 Å². The molecule has 1 aromatic rings. The molecule has 188 valence electrons. The summed E-state index contributed by atoms with van der Waals surface area (Å²) in [6.07, 6.45) is 7.55. The Balaban J connectivity index is 1.58. The van der Waals surface area contributed by atoms with Gasteiger partial charge in [0, 0.05) is 37.5 Å². The maximum atomic E-state index is 13.1. The number of carbonyl (C=O) groups excluding carboxylic acids is 3. The first kappa shape index (κ1) is 26.3. The number of hydrogen-bond acceptors (Lipinski definition) is 6. The third-order valence-corrected chi connectivity index (χ3v) is 6.97. The molecule has 2 saturated heterocycles. The lowest BCUT2D eigenvalue weighted by Gasteiger charge is -2.49. The van der Waals surface area contributed by atoms with E-state index in [1.54, 1.807) is 12.1 Å². The Hall–Kier alpha value is -2.32. The molecule has 0 aromatic heterocycles. The molecule has 0 radical (unpaired) electrons. The zero-order valence-corrected chi connectivity index (χ0v) is 21.1. The van der Waals surface area contributed by atoms with Crippen LogP contribution in [0, 0.1) is 0 Å². The standard InChI is InChI=1S/C25H36ClN3O5/c1-4-34-24(31)10-5-6-11-29-18-8-7-9-19(29)13-17(12-18)28-25(32)20-14-21(26)22(27-16(2)30)15-23(20)33-3/h14-15,17-19H,4-13H2,1-3H3,(H,27,30)(H,28,32). The first-order chi connectivity index (χ1) is 16.3. The predicted octanol–water partition coefficient (Wildman–Crippen LogP) is 4.16. The van der Waals surface area contributed by atoms with Crippen molar-refractivity contribution in [3.63, 3.8) is 0 Å². The third kappa shape index (κ3) is 6.85. The summed E-state index contributed by atoms with van der Waals surface area (Å²) in [5, 5.41) is 6.12. The van der Waals surface area contributed by atoms with Crippen LogP contribution in [0.15, 0.2) is 12.1 Å². The Morgan fingerprint density at radius 2 is 1.85 bits per heavy atom. The van der Waals surface area contributed by atoms with Crippen LogP contribution in [-0.4, -0.2) is 61.1 Å². The van der Waals surface area contributed by atoms with Crippen molar-refractivity contribution in [2.45, 2.75) is 83.3 Å². The number of anilines is 1. The first-order valence-corrected chi connectivity index (χ1v) is 12.6. The highest BCUT2D eigenvalue weighted by Crippen LogP contribution is 2.35. The van der Waals surface area contributed by atoms with Gasteiger partial charge in [-0.3, -0.25) is 19.3 Å². The van der Waals surface area contributed by atoms with Crippen molar-refractivity contribution >= 4 is 35.1 Å². The van der Waals surface area contributed by atoms with Crippen LogP contribution in [0.2, 0.25) is 5.02 Å². The van der Waals surface area contributed by atoms with Crippen molar-refractivity contribution < 1.29 is 23.9 Å². The molecule has 2 atom stereocenters. The number of fused-ring (bicyclic) bond motifs is 2. The molecule has 2 unspecified atom stereocenters. The number of unbranched alkanes of at least 4 members (excludes halogenated alkanes) is 1. The van der Waals surface area contributed by atoms with Crippen LogP contribution in [0.5, 0.6) is 5.75 Å². The van der Waals surface area contributed by atoms with Crippen LogP contribution < -0.4 is 15.4 Å². The van der Waals surface area contributed by atoms with E-state index in [4.69, 9.17) is 21.1 Å². The van der Waals surface area contributed by atoms with Gasteiger partial charge in [0.2, 0.25) is 5.91 Å². The summed E-state index contributed by atoms with van der Waals surface area (Å²) in [6.45, 7) is 4.63. The Bertz CT molecular complexity index is 880. The molecule has 2 fully saturated rings. The number of piperidine rings is 2. The number of nitrogens with zero attached hydrogens (tertiary/aromatic N) is 1. The van der Waals surface area contributed by atoms with Gasteiger partial charge < -0.3 is 20.1 Å². The quantitative estimate of drug-likeness (QED) is 0.375. The highest BCUT2D eigenvalue weighted by molar-refractivity contribution is 6.34. The Morgan fingerprint density at radius 3 is 2.47 bits per heavy atom. The van der Waals surface area contributed by atoms with E-state index in [-0.39, 0.29) is 28.8 Å². The van der Waals surface area contributed by atoms with Crippen LogP contribution in [0.25, 0.3) is 0 Å². The van der Waals surface area contributed by atoms with Crippen LogP contribution in [0.4, 0.5) is 5.69 Å². The summed E-state index contributed by atoms with van der Waals surface area (Å²) in [5.41, 5.74) is 0.765. The third-order valence-electron chi connectivity index (χ3n) is 6.66. The van der Waals surface area contributed by atoms with Gasteiger partial charge in [-0.1, -0.05) is 18.0 Å². The Morgan fingerprint density at radius 1 is 1.15 bits per heavy atom. The second-order valence-electron chi connectivity index (χ2n) is 9.09. The minimum Gasteiger partial charge on any atom is -0.496 e. The molecular formula is C25H36ClN3O5. The molecule has 0 aliphatic carbocycles. The zero-order chi connectivity index (χ0) is 24.7. The molecule has 2 aliphatic rings. The summed E-state index contributed by atoms with van der Waals surface area (Å²) in [6, 6.07) is 4.07. The van der Waals surface area contributed by atoms with Gasteiger partial charge in [-0.2, -0.15) is 0 Å². The van der Waals surface area contributed by atoms with E-state index in [0.29, 0.717) is 42.1 Å². The van der Waals surface area contributed by atoms with E-state index in [0.717, 1.165) is 45.1 Å². The summed E-state index contributed by atoms with van der Waals surface area (Å²) >= 11 is 6.30. The van der Waals surface area contributed by atoms with Gasteiger partial charge in [0.1, 0.15) is 5.75 Å². The van der Waals surface area contributed by atoms with Crippen molar-refractivity contribution in [2.75, 3.05) is 25.6 Å². The first-order valence-electron chi connectivity index (χ1n) is 12.2. The molecule has 9 heteroatoms. The molecule has 2 bridgehead atoms. The lowest BCUT2D eigenvalue weighted by Crippen LogP contribution is -2.57. The Kier molecular flexibility index (Phi) is 9.59. The minimum absolute atomic E-state index is 0.0806. The monoisotopic (exact) mass is 493 g/mol. The number of rotatable bonds is 10. The van der Waals surface area contributed by atoms with E-state index < -0.39 is 0 Å². The summed E-state index contributed by atoms with van der Waals surface area (Å²) < 4.78 is 10.4. The molecule has 34 heavy (non-hydrogen) atoms.